The fourth-order valence-electron chi connectivity index (χ4n) is 6.06. The number of benzene rings is 4. The lowest BCUT2D eigenvalue weighted by Gasteiger charge is -2.37. The van der Waals surface area contributed by atoms with Gasteiger partial charge in [-0.05, 0) is 54.8 Å². The molecule has 0 unspecified atom stereocenters. The highest BCUT2D eigenvalue weighted by atomic mass is 16.4. The van der Waals surface area contributed by atoms with Crippen molar-refractivity contribution in [2.75, 3.05) is 0 Å². The summed E-state index contributed by atoms with van der Waals surface area (Å²) in [6.45, 7) is 3.95. The lowest BCUT2D eigenvalue weighted by atomic mass is 9.77. The minimum Gasteiger partial charge on any atom is -0.475 e. The average Bonchev–Trinajstić information content (AvgIpc) is 3.59. The van der Waals surface area contributed by atoms with E-state index in [1.54, 1.807) is 0 Å². The fourth-order valence-corrected chi connectivity index (χ4v) is 6.06. The van der Waals surface area contributed by atoms with E-state index < -0.39 is 11.5 Å². The van der Waals surface area contributed by atoms with Crippen molar-refractivity contribution in [1.29, 1.82) is 0 Å². The van der Waals surface area contributed by atoms with Gasteiger partial charge >= 0.3 is 5.97 Å². The number of H-pyrrole nitrogens is 1. The zero-order valence-electron chi connectivity index (χ0n) is 23.1. The first kappa shape index (κ1) is 25.4. The number of aromatic carboxylic acids is 1. The predicted molar refractivity (Wildman–Crippen MR) is 164 cm³/mol. The number of fused-ring (bicyclic) bond motifs is 2. The molecule has 0 aliphatic rings. The molecule has 0 radical (unpaired) electrons. The first-order chi connectivity index (χ1) is 20.4. The Morgan fingerprint density at radius 2 is 1.26 bits per heavy atom. The van der Waals surface area contributed by atoms with E-state index in [0.717, 1.165) is 50.2 Å². The molecule has 0 bridgehead atoms. The van der Waals surface area contributed by atoms with Crippen molar-refractivity contribution in [1.82, 2.24) is 24.7 Å². The van der Waals surface area contributed by atoms with Crippen molar-refractivity contribution < 1.29 is 9.90 Å². The molecule has 0 aliphatic carbocycles. The van der Waals surface area contributed by atoms with Gasteiger partial charge in [-0.25, -0.2) is 14.5 Å². The standard InChI is InChI=1S/C35H27N5O2/c1-22-18-24(19-23(2)36-22)32-28-20-29-30(38-33(37-29)34(41)42)21-31(28)40(39-32)35(25-12-6-3-7-13-25,26-14-8-4-9-15-26)27-16-10-5-11-17-27/h3-21H,1-2H3,(H,37,38)(H,41,42). The SMILES string of the molecule is Cc1cc(-c2nn(C(c3ccccc3)(c3ccccc3)c3ccccc3)c3cc4[nH]c(C(=O)O)nc4cc23)cc(C)n1. The summed E-state index contributed by atoms with van der Waals surface area (Å²) in [5, 5.41) is 16.0. The molecule has 0 saturated heterocycles. The summed E-state index contributed by atoms with van der Waals surface area (Å²) in [6, 6.07) is 39.1. The van der Waals surface area contributed by atoms with E-state index in [-0.39, 0.29) is 5.82 Å². The number of nitrogens with zero attached hydrogens (tertiary/aromatic N) is 4. The van der Waals surface area contributed by atoms with Crippen LogP contribution in [-0.4, -0.2) is 35.8 Å². The Kier molecular flexibility index (Phi) is 5.94. The number of hydrogen-bond donors (Lipinski definition) is 2. The van der Waals surface area contributed by atoms with Crippen LogP contribution in [0.4, 0.5) is 0 Å². The molecule has 0 saturated carbocycles. The summed E-state index contributed by atoms with van der Waals surface area (Å²) < 4.78 is 2.09. The largest absolute Gasteiger partial charge is 0.475 e. The molecule has 3 heterocycles. The average molecular weight is 550 g/mol. The molecule has 4 aromatic carbocycles. The Balaban J connectivity index is 1.68. The van der Waals surface area contributed by atoms with Gasteiger partial charge in [-0.2, -0.15) is 5.10 Å². The number of carboxylic acids is 1. The second-order valence-electron chi connectivity index (χ2n) is 10.5. The molecule has 3 aromatic heterocycles. The zero-order valence-corrected chi connectivity index (χ0v) is 23.1. The van der Waals surface area contributed by atoms with Gasteiger partial charge in [-0.15, -0.1) is 0 Å². The molecule has 7 heteroatoms. The molecule has 7 rings (SSSR count). The Hall–Kier alpha value is -5.56. The van der Waals surface area contributed by atoms with Crippen LogP contribution in [0.25, 0.3) is 33.2 Å². The zero-order chi connectivity index (χ0) is 28.8. The van der Waals surface area contributed by atoms with Gasteiger partial charge in [0.15, 0.2) is 0 Å². The van der Waals surface area contributed by atoms with Crippen LogP contribution in [0.3, 0.4) is 0 Å². The van der Waals surface area contributed by atoms with Crippen LogP contribution >= 0.6 is 0 Å². The second kappa shape index (κ2) is 9.82. The normalized spacial score (nSPS) is 11.8. The smallest absolute Gasteiger partial charge is 0.371 e. The van der Waals surface area contributed by atoms with Crippen molar-refractivity contribution >= 4 is 27.9 Å². The van der Waals surface area contributed by atoms with Gasteiger partial charge in [0.25, 0.3) is 0 Å². The predicted octanol–water partition coefficient (Wildman–Crippen LogP) is 7.13. The quantitative estimate of drug-likeness (QED) is 0.215. The molecule has 0 spiro atoms. The highest BCUT2D eigenvalue weighted by Gasteiger charge is 2.41. The van der Waals surface area contributed by atoms with E-state index >= 15 is 0 Å². The highest BCUT2D eigenvalue weighted by Crippen LogP contribution is 2.44. The van der Waals surface area contributed by atoms with E-state index in [0.29, 0.717) is 11.0 Å². The molecular weight excluding hydrogens is 522 g/mol. The number of aryl methyl sites for hydroxylation is 2. The maximum Gasteiger partial charge on any atom is 0.371 e. The Morgan fingerprint density at radius 3 is 1.76 bits per heavy atom. The van der Waals surface area contributed by atoms with E-state index in [1.807, 2.05) is 92.7 Å². The van der Waals surface area contributed by atoms with Crippen LogP contribution in [0.15, 0.2) is 115 Å². The van der Waals surface area contributed by atoms with Crippen LogP contribution < -0.4 is 0 Å². The van der Waals surface area contributed by atoms with Gasteiger partial charge in [-0.1, -0.05) is 91.0 Å². The maximum atomic E-state index is 11.8. The number of carboxylic acid groups (broad SMARTS) is 1. The molecule has 0 fully saturated rings. The van der Waals surface area contributed by atoms with Gasteiger partial charge in [0, 0.05) is 22.3 Å². The van der Waals surface area contributed by atoms with Gasteiger partial charge in [0.2, 0.25) is 5.82 Å². The van der Waals surface area contributed by atoms with Crippen LogP contribution in [0.5, 0.6) is 0 Å². The van der Waals surface area contributed by atoms with Crippen molar-refractivity contribution in [2.45, 2.75) is 19.4 Å². The number of imidazole rings is 1. The molecular formula is C35H27N5O2. The summed E-state index contributed by atoms with van der Waals surface area (Å²) in [6.07, 6.45) is 0. The number of rotatable bonds is 6. The van der Waals surface area contributed by atoms with Gasteiger partial charge in [0.05, 0.1) is 16.6 Å². The molecule has 0 atom stereocenters. The third kappa shape index (κ3) is 3.97. The molecule has 2 N–H and O–H groups in total. The van der Waals surface area contributed by atoms with Gasteiger partial charge in [0.1, 0.15) is 11.2 Å². The molecule has 42 heavy (non-hydrogen) atoms. The maximum absolute atomic E-state index is 11.8. The number of hydrogen-bond acceptors (Lipinski definition) is 4. The van der Waals surface area contributed by atoms with E-state index in [2.05, 4.69) is 56.0 Å². The van der Waals surface area contributed by atoms with Crippen LogP contribution in [0.2, 0.25) is 0 Å². The third-order valence-corrected chi connectivity index (χ3v) is 7.73. The van der Waals surface area contributed by atoms with Crippen molar-refractivity contribution in [3.05, 3.63) is 149 Å². The summed E-state index contributed by atoms with van der Waals surface area (Å²) >= 11 is 0. The second-order valence-corrected chi connectivity index (χ2v) is 10.5. The van der Waals surface area contributed by atoms with Crippen LogP contribution in [0.1, 0.15) is 38.7 Å². The summed E-state index contributed by atoms with van der Waals surface area (Å²) in [5.41, 5.74) is 7.76. The molecule has 7 aromatic rings. The van der Waals surface area contributed by atoms with Gasteiger partial charge < -0.3 is 10.1 Å². The molecule has 0 aliphatic heterocycles. The van der Waals surface area contributed by atoms with E-state index in [4.69, 9.17) is 5.10 Å². The van der Waals surface area contributed by atoms with Crippen molar-refractivity contribution in [3.8, 4) is 11.3 Å². The Labute approximate surface area is 242 Å². The fraction of sp³-hybridized carbons (Fsp3) is 0.0857. The van der Waals surface area contributed by atoms with Crippen molar-refractivity contribution in [3.63, 3.8) is 0 Å². The van der Waals surface area contributed by atoms with Crippen LogP contribution in [0, 0.1) is 13.8 Å². The lowest BCUT2D eigenvalue weighted by Crippen LogP contribution is -2.38. The highest BCUT2D eigenvalue weighted by molar-refractivity contribution is 6.02. The Bertz CT molecular complexity index is 1960. The topological polar surface area (TPSA) is 96.7 Å². The van der Waals surface area contributed by atoms with E-state index in [1.165, 1.54) is 0 Å². The number of pyridine rings is 1. The summed E-state index contributed by atoms with van der Waals surface area (Å²) in [7, 11) is 0. The number of aromatic nitrogens is 5. The van der Waals surface area contributed by atoms with Crippen LogP contribution in [-0.2, 0) is 5.54 Å². The first-order valence-electron chi connectivity index (χ1n) is 13.7. The first-order valence-corrected chi connectivity index (χ1v) is 13.7. The number of nitrogens with one attached hydrogen (secondary N) is 1. The molecule has 204 valence electrons. The number of carbonyl (C=O) groups is 1. The van der Waals surface area contributed by atoms with E-state index in [9.17, 15) is 9.90 Å². The summed E-state index contributed by atoms with van der Waals surface area (Å²) in [4.78, 5) is 23.8. The number of aromatic amines is 1. The van der Waals surface area contributed by atoms with Crippen molar-refractivity contribution in [2.24, 2.45) is 0 Å². The monoisotopic (exact) mass is 549 g/mol. The Morgan fingerprint density at radius 1 is 0.738 bits per heavy atom. The minimum absolute atomic E-state index is 0.102. The molecule has 7 nitrogen and oxygen atoms in total. The lowest BCUT2D eigenvalue weighted by molar-refractivity contribution is 0.0685. The van der Waals surface area contributed by atoms with Gasteiger partial charge in [-0.3, -0.25) is 4.98 Å². The summed E-state index contributed by atoms with van der Waals surface area (Å²) in [5.74, 6) is -1.21. The minimum atomic E-state index is -1.11. The third-order valence-electron chi connectivity index (χ3n) is 7.73. The molecule has 0 amide bonds.